The summed E-state index contributed by atoms with van der Waals surface area (Å²) < 4.78 is 7.15. The maximum Gasteiger partial charge on any atom is 0.332 e. The fourth-order valence-electron chi connectivity index (χ4n) is 4.13. The van der Waals surface area contributed by atoms with Crippen molar-refractivity contribution >= 4 is 34.6 Å². The summed E-state index contributed by atoms with van der Waals surface area (Å²) in [6.45, 7) is 10.6. The van der Waals surface area contributed by atoms with Gasteiger partial charge in [-0.3, -0.25) is 0 Å². The SMILES string of the molecule is CCN(CC)c1ncc(N=O)c(N[C@@H](Cc2ccc(-n3c(=O)[nH]c4cccnc43)cc2)C(=O)OC(C)(C)C)n1. The molecule has 0 fully saturated rings. The summed E-state index contributed by atoms with van der Waals surface area (Å²) in [5.41, 5.74) is 1.53. The number of aromatic amines is 1. The molecule has 0 saturated carbocycles. The molecule has 2 N–H and O–H groups in total. The van der Waals surface area contributed by atoms with Gasteiger partial charge in [0, 0.05) is 25.7 Å². The lowest BCUT2D eigenvalue weighted by molar-refractivity contribution is -0.155. The fourth-order valence-corrected chi connectivity index (χ4v) is 4.13. The number of benzene rings is 1. The minimum Gasteiger partial charge on any atom is -0.458 e. The number of H-pyrrole nitrogens is 1. The van der Waals surface area contributed by atoms with Crippen molar-refractivity contribution < 1.29 is 9.53 Å². The van der Waals surface area contributed by atoms with Gasteiger partial charge in [-0.2, -0.15) is 4.98 Å². The van der Waals surface area contributed by atoms with Crippen molar-refractivity contribution in [2.75, 3.05) is 23.3 Å². The topological polar surface area (TPSA) is 147 Å². The van der Waals surface area contributed by atoms with Crippen LogP contribution in [-0.4, -0.2) is 55.2 Å². The summed E-state index contributed by atoms with van der Waals surface area (Å²) in [6.07, 6.45) is 3.18. The third-order valence-electron chi connectivity index (χ3n) is 5.98. The van der Waals surface area contributed by atoms with E-state index in [9.17, 15) is 14.5 Å². The molecule has 4 aromatic rings. The van der Waals surface area contributed by atoms with Crippen LogP contribution in [0.25, 0.3) is 16.9 Å². The standard InChI is InChI=1S/C27H32N8O4/c1-6-34(7-2)25-29-16-21(33-38)22(32-25)30-20(24(36)39-27(3,4)5)15-17-10-12-18(13-11-17)35-23-19(31-26(35)37)9-8-14-28-23/h8-14,16,20H,6-7,15H2,1-5H3,(H,31,37)(H,29,30,32)/t20-/m0/s1. The maximum absolute atomic E-state index is 13.2. The monoisotopic (exact) mass is 532 g/mol. The van der Waals surface area contributed by atoms with Gasteiger partial charge in [-0.1, -0.05) is 12.1 Å². The van der Waals surface area contributed by atoms with E-state index in [1.54, 1.807) is 51.2 Å². The van der Waals surface area contributed by atoms with Crippen LogP contribution in [0.5, 0.6) is 0 Å². The highest BCUT2D eigenvalue weighted by Gasteiger charge is 2.27. The number of aromatic nitrogens is 5. The van der Waals surface area contributed by atoms with Gasteiger partial charge in [-0.25, -0.2) is 24.1 Å². The zero-order valence-corrected chi connectivity index (χ0v) is 22.6. The molecule has 0 saturated heterocycles. The lowest BCUT2D eigenvalue weighted by atomic mass is 10.0. The molecule has 12 nitrogen and oxygen atoms in total. The smallest absolute Gasteiger partial charge is 0.332 e. The molecule has 1 aromatic carbocycles. The van der Waals surface area contributed by atoms with E-state index in [1.165, 1.54) is 10.8 Å². The molecular formula is C27H32N8O4. The van der Waals surface area contributed by atoms with Gasteiger partial charge in [-0.05, 0) is 69.6 Å². The Morgan fingerprint density at radius 2 is 1.87 bits per heavy atom. The number of carbonyl (C=O) groups excluding carboxylic acids is 1. The first-order valence-corrected chi connectivity index (χ1v) is 12.7. The molecule has 0 radical (unpaired) electrons. The second-order valence-corrected chi connectivity index (χ2v) is 9.91. The quantitative estimate of drug-likeness (QED) is 0.227. The lowest BCUT2D eigenvalue weighted by Crippen LogP contribution is -2.38. The van der Waals surface area contributed by atoms with Crippen molar-refractivity contribution in [3.05, 3.63) is 69.7 Å². The molecule has 0 aliphatic carbocycles. The number of ether oxygens (including phenoxy) is 1. The predicted molar refractivity (Wildman–Crippen MR) is 150 cm³/mol. The number of hydrogen-bond acceptors (Lipinski definition) is 10. The Balaban J connectivity index is 1.65. The third kappa shape index (κ3) is 6.28. The van der Waals surface area contributed by atoms with Crippen LogP contribution in [0.4, 0.5) is 17.5 Å². The van der Waals surface area contributed by atoms with Gasteiger partial charge in [0.2, 0.25) is 5.95 Å². The van der Waals surface area contributed by atoms with Gasteiger partial charge in [0.05, 0.1) is 17.4 Å². The summed E-state index contributed by atoms with van der Waals surface area (Å²) in [4.78, 5) is 55.1. The predicted octanol–water partition coefficient (Wildman–Crippen LogP) is 4.11. The number of pyridine rings is 1. The van der Waals surface area contributed by atoms with Crippen LogP contribution in [0.15, 0.2) is 58.8 Å². The van der Waals surface area contributed by atoms with E-state index in [1.807, 2.05) is 30.9 Å². The zero-order chi connectivity index (χ0) is 28.2. The zero-order valence-electron chi connectivity index (χ0n) is 22.6. The van der Waals surface area contributed by atoms with E-state index >= 15 is 0 Å². The number of nitrogens with one attached hydrogen (secondary N) is 2. The Labute approximate surface area is 225 Å². The molecule has 0 aliphatic rings. The highest BCUT2D eigenvalue weighted by atomic mass is 16.6. The second kappa shape index (κ2) is 11.4. The number of imidazole rings is 1. The van der Waals surface area contributed by atoms with Crippen molar-refractivity contribution in [2.45, 2.75) is 52.7 Å². The Kier molecular flexibility index (Phi) is 8.03. The first-order chi connectivity index (χ1) is 18.6. The first-order valence-electron chi connectivity index (χ1n) is 12.7. The highest BCUT2D eigenvalue weighted by Crippen LogP contribution is 2.26. The van der Waals surface area contributed by atoms with Crippen molar-refractivity contribution in [1.29, 1.82) is 0 Å². The van der Waals surface area contributed by atoms with Crippen LogP contribution in [0.2, 0.25) is 0 Å². The highest BCUT2D eigenvalue weighted by molar-refractivity contribution is 5.81. The Morgan fingerprint density at radius 3 is 2.51 bits per heavy atom. The molecular weight excluding hydrogens is 500 g/mol. The molecule has 204 valence electrons. The summed E-state index contributed by atoms with van der Waals surface area (Å²) in [7, 11) is 0. The van der Waals surface area contributed by atoms with Crippen LogP contribution in [-0.2, 0) is 16.0 Å². The van der Waals surface area contributed by atoms with E-state index in [2.05, 4.69) is 30.4 Å². The fraction of sp³-hybridized carbons (Fsp3) is 0.370. The summed E-state index contributed by atoms with van der Waals surface area (Å²) in [6, 6.07) is 9.87. The van der Waals surface area contributed by atoms with E-state index in [0.29, 0.717) is 35.9 Å². The molecule has 0 unspecified atom stereocenters. The van der Waals surface area contributed by atoms with Crippen molar-refractivity contribution in [1.82, 2.24) is 24.5 Å². The molecule has 4 rings (SSSR count). The molecule has 0 amide bonds. The maximum atomic E-state index is 13.2. The number of esters is 1. The Morgan fingerprint density at radius 1 is 1.15 bits per heavy atom. The van der Waals surface area contributed by atoms with Gasteiger partial charge in [0.25, 0.3) is 0 Å². The van der Waals surface area contributed by atoms with E-state index in [-0.39, 0.29) is 23.6 Å². The second-order valence-electron chi connectivity index (χ2n) is 9.91. The molecule has 3 aromatic heterocycles. The van der Waals surface area contributed by atoms with Crippen LogP contribution in [0.3, 0.4) is 0 Å². The minimum atomic E-state index is -0.882. The van der Waals surface area contributed by atoms with Crippen molar-refractivity contribution in [3.63, 3.8) is 0 Å². The Bertz CT molecular complexity index is 1520. The summed E-state index contributed by atoms with van der Waals surface area (Å²) in [5.74, 6) is 0.0502. The summed E-state index contributed by atoms with van der Waals surface area (Å²) >= 11 is 0. The molecule has 0 aliphatic heterocycles. The largest absolute Gasteiger partial charge is 0.458 e. The average Bonchev–Trinajstić information content (AvgIpc) is 3.24. The van der Waals surface area contributed by atoms with Crippen LogP contribution in [0, 0.1) is 4.91 Å². The number of rotatable bonds is 10. The molecule has 39 heavy (non-hydrogen) atoms. The van der Waals surface area contributed by atoms with Crippen molar-refractivity contribution in [2.24, 2.45) is 5.18 Å². The molecule has 0 bridgehead atoms. The van der Waals surface area contributed by atoms with Gasteiger partial charge in [-0.15, -0.1) is 4.91 Å². The number of anilines is 2. The number of hydrogen-bond donors (Lipinski definition) is 2. The van der Waals surface area contributed by atoms with E-state index in [0.717, 1.165) is 5.56 Å². The number of nitrogens with zero attached hydrogens (tertiary/aromatic N) is 6. The van der Waals surface area contributed by atoms with Crippen molar-refractivity contribution in [3.8, 4) is 5.69 Å². The van der Waals surface area contributed by atoms with Gasteiger partial charge >= 0.3 is 11.7 Å². The number of nitroso groups, excluding NO2 is 1. The summed E-state index contributed by atoms with van der Waals surface area (Å²) in [5, 5.41) is 6.11. The molecule has 3 heterocycles. The van der Waals surface area contributed by atoms with Gasteiger partial charge in [0.1, 0.15) is 11.6 Å². The van der Waals surface area contributed by atoms with E-state index in [4.69, 9.17) is 4.74 Å². The Hall–Kier alpha value is -4.61. The van der Waals surface area contributed by atoms with E-state index < -0.39 is 17.6 Å². The minimum absolute atomic E-state index is 0.0129. The van der Waals surface area contributed by atoms with Crippen LogP contribution >= 0.6 is 0 Å². The van der Waals surface area contributed by atoms with Crippen LogP contribution in [0.1, 0.15) is 40.2 Å². The number of fused-ring (bicyclic) bond motifs is 1. The average molecular weight is 533 g/mol. The molecule has 12 heteroatoms. The normalized spacial score (nSPS) is 12.2. The first kappa shape index (κ1) is 27.4. The third-order valence-corrected chi connectivity index (χ3v) is 5.98. The lowest BCUT2D eigenvalue weighted by Gasteiger charge is -2.26. The molecule has 1 atom stereocenters. The van der Waals surface area contributed by atoms with Crippen LogP contribution < -0.4 is 15.9 Å². The molecule has 0 spiro atoms. The van der Waals surface area contributed by atoms with Gasteiger partial charge < -0.3 is 19.9 Å². The number of carbonyl (C=O) groups is 1. The van der Waals surface area contributed by atoms with Gasteiger partial charge in [0.15, 0.2) is 17.2 Å².